The summed E-state index contributed by atoms with van der Waals surface area (Å²) in [5, 5.41) is 3.23. The lowest BCUT2D eigenvalue weighted by Gasteiger charge is -2.24. The normalized spacial score (nSPS) is 16.3. The number of hydrogen-bond donors (Lipinski definition) is 2. The number of carbonyl (C=O) groups is 1. The van der Waals surface area contributed by atoms with Gasteiger partial charge in [0.2, 0.25) is 0 Å². The molecular formula is C17H17N3O2. The highest BCUT2D eigenvalue weighted by Gasteiger charge is 2.20. The lowest BCUT2D eigenvalue weighted by Crippen LogP contribution is -2.32. The molecule has 0 bridgehead atoms. The van der Waals surface area contributed by atoms with Gasteiger partial charge in [-0.05, 0) is 56.3 Å². The highest BCUT2D eigenvalue weighted by Crippen LogP contribution is 2.34. The Morgan fingerprint density at radius 2 is 1.95 bits per heavy atom. The Hall–Kier alpha value is -2.82. The van der Waals surface area contributed by atoms with Gasteiger partial charge in [-0.15, -0.1) is 0 Å². The van der Waals surface area contributed by atoms with Gasteiger partial charge in [-0.1, -0.05) is 0 Å². The molecule has 0 radical (unpaired) electrons. The number of aliphatic imine (C=N–C) groups is 1. The largest absolute Gasteiger partial charge is 0.481 e. The molecule has 0 aromatic heterocycles. The van der Waals surface area contributed by atoms with Crippen LogP contribution in [0.3, 0.4) is 0 Å². The molecule has 2 aromatic rings. The Morgan fingerprint density at radius 1 is 1.23 bits per heavy atom. The smallest absolute Gasteiger partial charge is 0.159 e. The number of rotatable bonds is 2. The van der Waals surface area contributed by atoms with E-state index in [4.69, 9.17) is 10.5 Å². The molecule has 112 valence electrons. The van der Waals surface area contributed by atoms with Crippen molar-refractivity contribution in [2.75, 3.05) is 11.1 Å². The van der Waals surface area contributed by atoms with Crippen LogP contribution >= 0.6 is 0 Å². The standard InChI is InChI=1S/C17H17N3O2/c1-10(21)12-3-6-14(7-4-12)19-17-11(2)22-16-8-5-13(18)9-15(16)20-17/h3-9,11H,18H2,1-2H3,(H,19,20). The fourth-order valence-corrected chi connectivity index (χ4v) is 2.25. The summed E-state index contributed by atoms with van der Waals surface area (Å²) < 4.78 is 5.83. The minimum Gasteiger partial charge on any atom is -0.481 e. The fourth-order valence-electron chi connectivity index (χ4n) is 2.25. The van der Waals surface area contributed by atoms with Gasteiger partial charge in [0, 0.05) is 16.9 Å². The zero-order valence-electron chi connectivity index (χ0n) is 12.5. The molecule has 0 fully saturated rings. The van der Waals surface area contributed by atoms with Gasteiger partial charge in [0.05, 0.1) is 0 Å². The Balaban J connectivity index is 1.86. The first kappa shape index (κ1) is 14.1. The van der Waals surface area contributed by atoms with Crippen LogP contribution in [0.2, 0.25) is 0 Å². The number of benzene rings is 2. The van der Waals surface area contributed by atoms with Gasteiger partial charge < -0.3 is 15.8 Å². The van der Waals surface area contributed by atoms with Gasteiger partial charge in [-0.25, -0.2) is 4.99 Å². The summed E-state index contributed by atoms with van der Waals surface area (Å²) in [5.41, 5.74) is 8.67. The van der Waals surface area contributed by atoms with Gasteiger partial charge in [-0.3, -0.25) is 4.79 Å². The van der Waals surface area contributed by atoms with E-state index in [1.165, 1.54) is 0 Å². The van der Waals surface area contributed by atoms with Crippen LogP contribution in [0, 0.1) is 0 Å². The van der Waals surface area contributed by atoms with Gasteiger partial charge in [0.15, 0.2) is 11.9 Å². The second kappa shape index (κ2) is 5.52. The summed E-state index contributed by atoms with van der Waals surface area (Å²) in [6.45, 7) is 3.47. The summed E-state index contributed by atoms with van der Waals surface area (Å²) in [6, 6.07) is 12.7. The molecule has 2 aromatic carbocycles. The number of hydrogen-bond acceptors (Lipinski definition) is 5. The van der Waals surface area contributed by atoms with Gasteiger partial charge in [-0.2, -0.15) is 0 Å². The van der Waals surface area contributed by atoms with E-state index in [9.17, 15) is 4.79 Å². The molecule has 3 N–H and O–H groups in total. The number of Topliss-reactive ketones (excluding diaryl/α,β-unsaturated/α-hetero) is 1. The number of fused-ring (bicyclic) bond motifs is 1. The lowest BCUT2D eigenvalue weighted by molar-refractivity contribution is 0.101. The Morgan fingerprint density at radius 3 is 2.64 bits per heavy atom. The van der Waals surface area contributed by atoms with Crippen molar-refractivity contribution in [2.45, 2.75) is 20.0 Å². The van der Waals surface area contributed by atoms with Gasteiger partial charge >= 0.3 is 0 Å². The van der Waals surface area contributed by atoms with Crippen molar-refractivity contribution in [3.05, 3.63) is 48.0 Å². The van der Waals surface area contributed by atoms with Crippen LogP contribution in [0.5, 0.6) is 5.75 Å². The van der Waals surface area contributed by atoms with Crippen molar-refractivity contribution in [3.63, 3.8) is 0 Å². The van der Waals surface area contributed by atoms with E-state index < -0.39 is 0 Å². The zero-order chi connectivity index (χ0) is 15.7. The monoisotopic (exact) mass is 295 g/mol. The van der Waals surface area contributed by atoms with E-state index in [2.05, 4.69) is 10.3 Å². The molecule has 1 unspecified atom stereocenters. The van der Waals surface area contributed by atoms with E-state index in [-0.39, 0.29) is 11.9 Å². The number of ketones is 1. The second-order valence-electron chi connectivity index (χ2n) is 5.24. The van der Waals surface area contributed by atoms with Crippen molar-refractivity contribution in [3.8, 4) is 5.75 Å². The van der Waals surface area contributed by atoms with Crippen LogP contribution < -0.4 is 15.8 Å². The maximum Gasteiger partial charge on any atom is 0.159 e. The molecule has 22 heavy (non-hydrogen) atoms. The van der Waals surface area contributed by atoms with Crippen LogP contribution in [0.4, 0.5) is 17.1 Å². The third kappa shape index (κ3) is 2.79. The van der Waals surface area contributed by atoms with E-state index in [0.29, 0.717) is 22.8 Å². The minimum atomic E-state index is -0.191. The number of ether oxygens (including phenoxy) is 1. The number of nitrogens with zero attached hydrogens (tertiary/aromatic N) is 1. The maximum absolute atomic E-state index is 11.3. The van der Waals surface area contributed by atoms with E-state index in [1.54, 1.807) is 31.2 Å². The number of amidine groups is 1. The van der Waals surface area contributed by atoms with Crippen LogP contribution in [0.15, 0.2) is 47.5 Å². The summed E-state index contributed by atoms with van der Waals surface area (Å²) in [5.74, 6) is 1.47. The molecule has 3 rings (SSSR count). The minimum absolute atomic E-state index is 0.0441. The van der Waals surface area contributed by atoms with Crippen LogP contribution in [0.1, 0.15) is 24.2 Å². The number of anilines is 2. The van der Waals surface area contributed by atoms with Gasteiger partial charge in [0.1, 0.15) is 17.3 Å². The predicted molar refractivity (Wildman–Crippen MR) is 88.1 cm³/mol. The average molecular weight is 295 g/mol. The molecule has 1 aliphatic rings. The third-order valence-corrected chi connectivity index (χ3v) is 3.48. The van der Waals surface area contributed by atoms with Crippen molar-refractivity contribution < 1.29 is 9.53 Å². The number of carbonyl (C=O) groups excluding carboxylic acids is 1. The SMILES string of the molecule is CC(=O)c1ccc(NC2=Nc3cc(N)ccc3OC2C)cc1. The second-order valence-corrected chi connectivity index (χ2v) is 5.24. The van der Waals surface area contributed by atoms with Crippen LogP contribution in [0.25, 0.3) is 0 Å². The third-order valence-electron chi connectivity index (χ3n) is 3.48. The van der Waals surface area contributed by atoms with E-state index >= 15 is 0 Å². The topological polar surface area (TPSA) is 76.7 Å². The first-order chi connectivity index (χ1) is 10.5. The Bertz CT molecular complexity index is 751. The summed E-state index contributed by atoms with van der Waals surface area (Å²) >= 11 is 0. The molecule has 5 heteroatoms. The zero-order valence-corrected chi connectivity index (χ0v) is 12.5. The van der Waals surface area contributed by atoms with Crippen LogP contribution in [-0.4, -0.2) is 17.7 Å². The summed E-state index contributed by atoms with van der Waals surface area (Å²) in [4.78, 5) is 15.9. The highest BCUT2D eigenvalue weighted by molar-refractivity contribution is 6.02. The molecule has 5 nitrogen and oxygen atoms in total. The molecule has 0 aliphatic carbocycles. The Kier molecular flexibility index (Phi) is 3.55. The fraction of sp³-hybridized carbons (Fsp3) is 0.176. The molecule has 1 heterocycles. The van der Waals surface area contributed by atoms with Crippen molar-refractivity contribution >= 4 is 28.7 Å². The first-order valence-electron chi connectivity index (χ1n) is 7.06. The van der Waals surface area contributed by atoms with E-state index in [0.717, 1.165) is 11.4 Å². The maximum atomic E-state index is 11.3. The molecule has 1 aliphatic heterocycles. The molecule has 1 atom stereocenters. The lowest BCUT2D eigenvalue weighted by atomic mass is 10.1. The predicted octanol–water partition coefficient (Wildman–Crippen LogP) is 3.39. The molecule has 0 amide bonds. The molecule has 0 saturated carbocycles. The van der Waals surface area contributed by atoms with Crippen LogP contribution in [-0.2, 0) is 0 Å². The molecular weight excluding hydrogens is 278 g/mol. The molecule has 0 saturated heterocycles. The highest BCUT2D eigenvalue weighted by atomic mass is 16.5. The number of nitrogens with one attached hydrogen (secondary N) is 1. The number of nitrogen functional groups attached to an aromatic ring is 1. The Labute approximate surface area is 128 Å². The summed E-state index contributed by atoms with van der Waals surface area (Å²) in [6.07, 6.45) is -0.191. The first-order valence-corrected chi connectivity index (χ1v) is 7.06. The van der Waals surface area contributed by atoms with E-state index in [1.807, 2.05) is 25.1 Å². The summed E-state index contributed by atoms with van der Waals surface area (Å²) in [7, 11) is 0. The molecule has 0 spiro atoms. The number of nitrogens with two attached hydrogens (primary N) is 1. The van der Waals surface area contributed by atoms with Crippen molar-refractivity contribution in [1.29, 1.82) is 0 Å². The quantitative estimate of drug-likeness (QED) is 0.657. The van der Waals surface area contributed by atoms with Crippen molar-refractivity contribution in [1.82, 2.24) is 0 Å². The van der Waals surface area contributed by atoms with Crippen molar-refractivity contribution in [2.24, 2.45) is 4.99 Å². The average Bonchev–Trinajstić information content (AvgIpc) is 2.49. The van der Waals surface area contributed by atoms with Gasteiger partial charge in [0.25, 0.3) is 0 Å².